The Morgan fingerprint density at radius 3 is 2.70 bits per heavy atom. The molecule has 1 aliphatic heterocycles. The van der Waals surface area contributed by atoms with E-state index in [2.05, 4.69) is 10.3 Å². The number of thioether (sulfide) groups is 1. The van der Waals surface area contributed by atoms with Crippen LogP contribution in [0.25, 0.3) is 6.08 Å². The first-order chi connectivity index (χ1) is 13.0. The Balaban J connectivity index is 1.80. The highest BCUT2D eigenvalue weighted by atomic mass is 35.5. The quantitative estimate of drug-likeness (QED) is 0.449. The fourth-order valence-corrected chi connectivity index (χ4v) is 3.32. The first kappa shape index (κ1) is 18.9. The van der Waals surface area contributed by atoms with Gasteiger partial charge in [-0.3, -0.25) is 14.9 Å². The highest BCUT2D eigenvalue weighted by Gasteiger charge is 2.24. The summed E-state index contributed by atoms with van der Waals surface area (Å²) >= 11 is 6.96. The van der Waals surface area contributed by atoms with E-state index in [1.54, 1.807) is 36.4 Å². The van der Waals surface area contributed by atoms with Gasteiger partial charge < -0.3 is 10.1 Å². The van der Waals surface area contributed by atoms with Crippen molar-refractivity contribution < 1.29 is 14.5 Å². The smallest absolute Gasteiger partial charge is 0.288 e. The summed E-state index contributed by atoms with van der Waals surface area (Å²) in [4.78, 5) is 27.3. The van der Waals surface area contributed by atoms with Crippen molar-refractivity contribution in [2.24, 2.45) is 4.99 Å². The minimum Gasteiger partial charge on any atom is -0.494 e. The first-order valence-corrected chi connectivity index (χ1v) is 9.12. The maximum absolute atomic E-state index is 12.1. The summed E-state index contributed by atoms with van der Waals surface area (Å²) in [5, 5.41) is 14.1. The maximum atomic E-state index is 12.1. The van der Waals surface area contributed by atoms with Crippen LogP contribution in [0.1, 0.15) is 12.5 Å². The Hall–Kier alpha value is -2.84. The van der Waals surface area contributed by atoms with Gasteiger partial charge >= 0.3 is 0 Å². The second-order valence-corrected chi connectivity index (χ2v) is 6.81. The lowest BCUT2D eigenvalue weighted by molar-refractivity contribution is -0.384. The van der Waals surface area contributed by atoms with Gasteiger partial charge in [0.2, 0.25) is 0 Å². The molecule has 0 bridgehead atoms. The summed E-state index contributed by atoms with van der Waals surface area (Å²) in [5.74, 6) is 0.428. The molecule has 0 spiro atoms. The van der Waals surface area contributed by atoms with Gasteiger partial charge in [0.15, 0.2) is 5.17 Å². The summed E-state index contributed by atoms with van der Waals surface area (Å²) in [6, 6.07) is 11.5. The van der Waals surface area contributed by atoms with Crippen molar-refractivity contribution >= 4 is 51.9 Å². The molecule has 2 aromatic rings. The Morgan fingerprint density at radius 1 is 1.30 bits per heavy atom. The van der Waals surface area contributed by atoms with E-state index < -0.39 is 4.92 Å². The fourth-order valence-electron chi connectivity index (χ4n) is 2.29. The lowest BCUT2D eigenvalue weighted by Crippen LogP contribution is -2.19. The Labute approximate surface area is 164 Å². The molecule has 1 amide bonds. The van der Waals surface area contributed by atoms with Gasteiger partial charge in [-0.2, -0.15) is 0 Å². The van der Waals surface area contributed by atoms with E-state index in [1.807, 2.05) is 6.92 Å². The van der Waals surface area contributed by atoms with Crippen molar-refractivity contribution in [3.63, 3.8) is 0 Å². The largest absolute Gasteiger partial charge is 0.494 e. The highest BCUT2D eigenvalue weighted by Crippen LogP contribution is 2.31. The SMILES string of the molecule is CCOc1ccc(N=C2NC(=O)/C(=C\c3ccc(Cl)c([N+](=O)[O-])c3)S2)cc1. The molecule has 0 unspecified atom stereocenters. The van der Waals surface area contributed by atoms with Crippen molar-refractivity contribution in [2.75, 3.05) is 6.61 Å². The summed E-state index contributed by atoms with van der Waals surface area (Å²) in [5.41, 5.74) is 0.966. The zero-order valence-electron chi connectivity index (χ0n) is 14.1. The van der Waals surface area contributed by atoms with Crippen LogP contribution in [-0.4, -0.2) is 22.6 Å². The number of amides is 1. The molecule has 1 N–H and O–H groups in total. The van der Waals surface area contributed by atoms with Gasteiger partial charge in [-0.25, -0.2) is 4.99 Å². The van der Waals surface area contributed by atoms with Gasteiger partial charge in [-0.1, -0.05) is 17.7 Å². The van der Waals surface area contributed by atoms with E-state index in [1.165, 1.54) is 12.1 Å². The van der Waals surface area contributed by atoms with Gasteiger partial charge in [0.05, 0.1) is 22.1 Å². The van der Waals surface area contributed by atoms with Crippen LogP contribution in [0.5, 0.6) is 5.75 Å². The topological polar surface area (TPSA) is 93.8 Å². The van der Waals surface area contributed by atoms with Gasteiger partial charge in [0.25, 0.3) is 11.6 Å². The highest BCUT2D eigenvalue weighted by molar-refractivity contribution is 8.18. The average Bonchev–Trinajstić information content (AvgIpc) is 2.97. The Morgan fingerprint density at radius 2 is 2.04 bits per heavy atom. The van der Waals surface area contributed by atoms with Crippen molar-refractivity contribution in [3.8, 4) is 5.75 Å². The third kappa shape index (κ3) is 4.66. The number of benzene rings is 2. The molecule has 7 nitrogen and oxygen atoms in total. The predicted molar refractivity (Wildman–Crippen MR) is 107 cm³/mol. The Kier molecular flexibility index (Phi) is 5.78. The third-order valence-electron chi connectivity index (χ3n) is 3.49. The number of ether oxygens (including phenoxy) is 1. The molecule has 1 aliphatic rings. The van der Waals surface area contributed by atoms with Crippen molar-refractivity contribution in [1.29, 1.82) is 0 Å². The van der Waals surface area contributed by atoms with E-state index in [0.717, 1.165) is 17.5 Å². The number of nitrogens with zero attached hydrogens (tertiary/aromatic N) is 2. The lowest BCUT2D eigenvalue weighted by Gasteiger charge is -2.02. The van der Waals surface area contributed by atoms with Crippen molar-refractivity contribution in [3.05, 3.63) is 68.1 Å². The van der Waals surface area contributed by atoms with Crippen LogP contribution in [0.4, 0.5) is 11.4 Å². The number of nitrogens with one attached hydrogen (secondary N) is 1. The molecule has 0 atom stereocenters. The number of halogens is 1. The van der Waals surface area contributed by atoms with Gasteiger partial charge in [0, 0.05) is 6.07 Å². The summed E-state index contributed by atoms with van der Waals surface area (Å²) < 4.78 is 5.38. The minimum absolute atomic E-state index is 0.0448. The predicted octanol–water partition coefficient (Wildman–Crippen LogP) is 4.54. The van der Waals surface area contributed by atoms with Crippen LogP contribution >= 0.6 is 23.4 Å². The van der Waals surface area contributed by atoms with Crippen LogP contribution < -0.4 is 10.1 Å². The number of hydrogen-bond acceptors (Lipinski definition) is 6. The standard InChI is InChI=1S/C18H14ClN3O4S/c1-2-26-13-6-4-12(5-7-13)20-18-21-17(23)16(27-18)10-11-3-8-14(19)15(9-11)22(24)25/h3-10H,2H2,1H3,(H,20,21,23)/b16-10+. The van der Waals surface area contributed by atoms with E-state index >= 15 is 0 Å². The summed E-state index contributed by atoms with van der Waals surface area (Å²) in [6.07, 6.45) is 1.56. The number of carbonyl (C=O) groups excluding carboxylic acids is 1. The molecule has 3 rings (SSSR count). The summed E-state index contributed by atoms with van der Waals surface area (Å²) in [6.45, 7) is 2.48. The van der Waals surface area contributed by atoms with Crippen LogP contribution in [0.3, 0.4) is 0 Å². The molecule has 1 heterocycles. The second-order valence-electron chi connectivity index (χ2n) is 5.38. The van der Waals surface area contributed by atoms with Crippen molar-refractivity contribution in [2.45, 2.75) is 6.92 Å². The maximum Gasteiger partial charge on any atom is 0.288 e. The number of rotatable bonds is 5. The van der Waals surface area contributed by atoms with Crippen LogP contribution in [0.2, 0.25) is 5.02 Å². The number of nitro groups is 1. The van der Waals surface area contributed by atoms with Crippen LogP contribution in [-0.2, 0) is 4.79 Å². The van der Waals surface area contributed by atoms with E-state index in [9.17, 15) is 14.9 Å². The molecule has 0 saturated carbocycles. The number of carbonyl (C=O) groups is 1. The van der Waals surface area contributed by atoms with Gasteiger partial charge in [-0.05, 0) is 60.7 Å². The first-order valence-electron chi connectivity index (χ1n) is 7.92. The number of amidine groups is 1. The molecule has 1 fully saturated rings. The molecule has 2 aromatic carbocycles. The zero-order chi connectivity index (χ0) is 19.4. The molecular formula is C18H14ClN3O4S. The van der Waals surface area contributed by atoms with Gasteiger partial charge in [0.1, 0.15) is 10.8 Å². The van der Waals surface area contributed by atoms with Gasteiger partial charge in [-0.15, -0.1) is 0 Å². The van der Waals surface area contributed by atoms with Crippen molar-refractivity contribution in [1.82, 2.24) is 5.32 Å². The molecule has 27 heavy (non-hydrogen) atoms. The number of hydrogen-bond donors (Lipinski definition) is 1. The number of nitro benzene ring substituents is 1. The molecule has 138 valence electrons. The van der Waals surface area contributed by atoms with Crippen LogP contribution in [0, 0.1) is 10.1 Å². The monoisotopic (exact) mass is 403 g/mol. The van der Waals surface area contributed by atoms with Crippen LogP contribution in [0.15, 0.2) is 52.4 Å². The third-order valence-corrected chi connectivity index (χ3v) is 4.72. The Bertz CT molecular complexity index is 958. The average molecular weight is 404 g/mol. The van der Waals surface area contributed by atoms with E-state index in [0.29, 0.717) is 27.9 Å². The zero-order valence-corrected chi connectivity index (χ0v) is 15.7. The molecule has 0 aromatic heterocycles. The van der Waals surface area contributed by atoms with E-state index in [-0.39, 0.29) is 16.6 Å². The molecule has 0 aliphatic carbocycles. The number of aliphatic imine (C=N–C) groups is 1. The molecule has 1 saturated heterocycles. The lowest BCUT2D eigenvalue weighted by atomic mass is 10.2. The van der Waals surface area contributed by atoms with E-state index in [4.69, 9.17) is 16.3 Å². The molecular weight excluding hydrogens is 390 g/mol. The normalized spacial score (nSPS) is 16.6. The summed E-state index contributed by atoms with van der Waals surface area (Å²) in [7, 11) is 0. The fraction of sp³-hybridized carbons (Fsp3) is 0.111. The molecule has 9 heteroatoms. The molecule has 0 radical (unpaired) electrons. The second kappa shape index (κ2) is 8.24. The minimum atomic E-state index is -0.564.